The second-order valence-corrected chi connectivity index (χ2v) is 9.31. The van der Waals surface area contributed by atoms with E-state index in [-0.39, 0.29) is 23.4 Å². The van der Waals surface area contributed by atoms with E-state index in [1.807, 2.05) is 48.2 Å². The summed E-state index contributed by atoms with van der Waals surface area (Å²) < 4.78 is 4.64. The molecule has 0 aliphatic carbocycles. The molecule has 8 heteroatoms. The molecule has 1 aliphatic heterocycles. The fourth-order valence-corrected chi connectivity index (χ4v) is 4.46. The van der Waals surface area contributed by atoms with Gasteiger partial charge in [-0.25, -0.2) is 9.78 Å². The molecule has 1 fully saturated rings. The van der Waals surface area contributed by atoms with Gasteiger partial charge in [0.15, 0.2) is 0 Å². The maximum atomic E-state index is 12.8. The molecular weight excluding hydrogens is 478 g/mol. The number of likely N-dealkylation sites (tertiary alicyclic amines) is 1. The molecule has 3 aromatic rings. The molecule has 0 radical (unpaired) electrons. The van der Waals surface area contributed by atoms with Crippen molar-refractivity contribution in [2.24, 2.45) is 0 Å². The van der Waals surface area contributed by atoms with Gasteiger partial charge in [0, 0.05) is 30.0 Å². The second-order valence-electron chi connectivity index (χ2n) is 8.87. The summed E-state index contributed by atoms with van der Waals surface area (Å²) in [6.45, 7) is 3.14. The minimum Gasteiger partial charge on any atom is -0.464 e. The average molecular weight is 506 g/mol. The van der Waals surface area contributed by atoms with E-state index in [0.29, 0.717) is 29.6 Å². The molecule has 0 spiro atoms. The molecule has 0 bridgehead atoms. The number of rotatable bonds is 6. The summed E-state index contributed by atoms with van der Waals surface area (Å²) in [6, 6.07) is 18.3. The maximum absolute atomic E-state index is 12.8. The zero-order chi connectivity index (χ0) is 25.7. The lowest BCUT2D eigenvalue weighted by Crippen LogP contribution is -2.38. The predicted molar refractivity (Wildman–Crippen MR) is 138 cm³/mol. The number of piperidine rings is 1. The number of methoxy groups -OCH3 is 1. The summed E-state index contributed by atoms with van der Waals surface area (Å²) in [5.41, 5.74) is 3.47. The van der Waals surface area contributed by atoms with Crippen LogP contribution in [0.25, 0.3) is 0 Å². The molecule has 1 unspecified atom stereocenters. The number of carbonyl (C=O) groups excluding carboxylic acids is 3. The number of aromatic nitrogens is 1. The van der Waals surface area contributed by atoms with Gasteiger partial charge in [0.2, 0.25) is 5.91 Å². The van der Waals surface area contributed by atoms with E-state index >= 15 is 0 Å². The molecule has 4 rings (SSSR count). The fraction of sp³-hybridized carbons (Fsp3) is 0.286. The smallest absolute Gasteiger partial charge is 0.356 e. The monoisotopic (exact) mass is 505 g/mol. The van der Waals surface area contributed by atoms with Crippen molar-refractivity contribution in [3.63, 3.8) is 0 Å². The van der Waals surface area contributed by atoms with Crippen LogP contribution in [0, 0.1) is 0 Å². The van der Waals surface area contributed by atoms with Crippen LogP contribution in [0.3, 0.4) is 0 Å². The first kappa shape index (κ1) is 25.4. The quantitative estimate of drug-likeness (QED) is 0.460. The largest absolute Gasteiger partial charge is 0.464 e. The number of pyridine rings is 1. The van der Waals surface area contributed by atoms with Crippen molar-refractivity contribution in [1.29, 1.82) is 0 Å². The molecule has 1 N–H and O–H groups in total. The van der Waals surface area contributed by atoms with E-state index in [0.717, 1.165) is 24.1 Å². The topological polar surface area (TPSA) is 88.6 Å². The van der Waals surface area contributed by atoms with E-state index in [1.165, 1.54) is 24.9 Å². The van der Waals surface area contributed by atoms with Crippen molar-refractivity contribution in [2.75, 3.05) is 25.5 Å². The van der Waals surface area contributed by atoms with Gasteiger partial charge in [-0.1, -0.05) is 35.9 Å². The lowest BCUT2D eigenvalue weighted by molar-refractivity contribution is -0.117. The van der Waals surface area contributed by atoms with Gasteiger partial charge in [-0.05, 0) is 73.2 Å². The number of nitrogens with zero attached hydrogens (tertiary/aromatic N) is 2. The third-order valence-electron chi connectivity index (χ3n) is 6.60. The molecule has 2 heterocycles. The first-order valence-electron chi connectivity index (χ1n) is 11.9. The van der Waals surface area contributed by atoms with Gasteiger partial charge in [-0.15, -0.1) is 0 Å². The van der Waals surface area contributed by atoms with Crippen LogP contribution >= 0.6 is 11.6 Å². The lowest BCUT2D eigenvalue weighted by Gasteiger charge is -2.32. The lowest BCUT2D eigenvalue weighted by atomic mass is 9.89. The molecule has 7 nitrogen and oxygen atoms in total. The summed E-state index contributed by atoms with van der Waals surface area (Å²) in [5.74, 6) is -0.657. The van der Waals surface area contributed by atoms with Gasteiger partial charge >= 0.3 is 5.97 Å². The third-order valence-corrected chi connectivity index (χ3v) is 6.85. The number of carbonyl (C=O) groups is 3. The summed E-state index contributed by atoms with van der Waals surface area (Å²) in [6.07, 6.45) is 3.11. The molecule has 1 aromatic heterocycles. The van der Waals surface area contributed by atoms with E-state index in [9.17, 15) is 14.4 Å². The Hall–Kier alpha value is -3.71. The molecule has 1 atom stereocenters. The Bertz CT molecular complexity index is 1220. The Morgan fingerprint density at radius 1 is 1.00 bits per heavy atom. The number of nitrogens with one attached hydrogen (secondary N) is 1. The summed E-state index contributed by atoms with van der Waals surface area (Å²) in [5, 5.41) is 3.62. The van der Waals surface area contributed by atoms with Crippen LogP contribution in [0.4, 0.5) is 5.69 Å². The normalized spacial score (nSPS) is 14.7. The second kappa shape index (κ2) is 11.4. The van der Waals surface area contributed by atoms with Crippen molar-refractivity contribution >= 4 is 35.1 Å². The van der Waals surface area contributed by atoms with E-state index in [4.69, 9.17) is 11.6 Å². The SMILES string of the molecule is COC(=O)c1ccc(C(=O)N2CCC(c3ccc(NC(=O)C(C)c4ccc(Cl)cc4)cc3)CC2)cn1. The van der Waals surface area contributed by atoms with Crippen LogP contribution in [0.2, 0.25) is 5.02 Å². The molecule has 36 heavy (non-hydrogen) atoms. The van der Waals surface area contributed by atoms with Gasteiger partial charge in [-0.3, -0.25) is 9.59 Å². The minimum absolute atomic E-state index is 0.0778. The Kier molecular flexibility index (Phi) is 8.00. The van der Waals surface area contributed by atoms with Crippen molar-refractivity contribution in [1.82, 2.24) is 9.88 Å². The number of hydrogen-bond acceptors (Lipinski definition) is 5. The van der Waals surface area contributed by atoms with Crippen LogP contribution in [-0.4, -0.2) is 47.9 Å². The van der Waals surface area contributed by atoms with Crippen molar-refractivity contribution < 1.29 is 19.1 Å². The minimum atomic E-state index is -0.531. The zero-order valence-electron chi connectivity index (χ0n) is 20.2. The maximum Gasteiger partial charge on any atom is 0.356 e. The number of benzene rings is 2. The number of amides is 2. The standard InChI is InChI=1S/C28H28ClN3O4/c1-18(19-3-8-23(29)9-4-19)26(33)31-24-10-5-20(6-11-24)21-13-15-32(16-14-21)27(34)22-7-12-25(30-17-22)28(35)36-2/h3-12,17-18,21H,13-16H2,1-2H3,(H,31,33). The summed E-state index contributed by atoms with van der Waals surface area (Å²) in [7, 11) is 1.29. The van der Waals surface area contributed by atoms with Gasteiger partial charge in [-0.2, -0.15) is 0 Å². The number of esters is 1. The Morgan fingerprint density at radius 2 is 1.67 bits per heavy atom. The fourth-order valence-electron chi connectivity index (χ4n) is 4.34. The molecule has 2 amide bonds. The molecule has 0 saturated carbocycles. The van der Waals surface area contributed by atoms with Crippen LogP contribution in [0.1, 0.15) is 63.6 Å². The molecular formula is C28H28ClN3O4. The molecule has 1 saturated heterocycles. The van der Waals surface area contributed by atoms with Crippen molar-refractivity contribution in [3.05, 3.63) is 94.3 Å². The van der Waals surface area contributed by atoms with Gasteiger partial charge in [0.05, 0.1) is 18.6 Å². The predicted octanol–water partition coefficient (Wildman–Crippen LogP) is 5.28. The van der Waals surface area contributed by atoms with Gasteiger partial charge in [0.1, 0.15) is 5.69 Å². The molecule has 1 aliphatic rings. The first-order valence-corrected chi connectivity index (χ1v) is 12.2. The van der Waals surface area contributed by atoms with E-state index < -0.39 is 5.97 Å². The van der Waals surface area contributed by atoms with Crippen LogP contribution in [0.15, 0.2) is 66.9 Å². The van der Waals surface area contributed by atoms with Crippen molar-refractivity contribution in [3.8, 4) is 0 Å². The third kappa shape index (κ3) is 5.91. The zero-order valence-corrected chi connectivity index (χ0v) is 21.0. The van der Waals surface area contributed by atoms with E-state index in [1.54, 1.807) is 18.2 Å². The van der Waals surface area contributed by atoms with Crippen molar-refractivity contribution in [2.45, 2.75) is 31.6 Å². The van der Waals surface area contributed by atoms with Crippen LogP contribution in [-0.2, 0) is 9.53 Å². The first-order chi connectivity index (χ1) is 17.4. The van der Waals surface area contributed by atoms with E-state index in [2.05, 4.69) is 15.0 Å². The molecule has 2 aromatic carbocycles. The number of ether oxygens (including phenoxy) is 1. The van der Waals surface area contributed by atoms with Crippen LogP contribution in [0.5, 0.6) is 0 Å². The van der Waals surface area contributed by atoms with Crippen LogP contribution < -0.4 is 5.32 Å². The Labute approximate surface area is 215 Å². The Balaban J connectivity index is 1.30. The highest BCUT2D eigenvalue weighted by Gasteiger charge is 2.25. The highest BCUT2D eigenvalue weighted by molar-refractivity contribution is 6.30. The number of anilines is 1. The summed E-state index contributed by atoms with van der Waals surface area (Å²) >= 11 is 5.94. The number of hydrogen-bond donors (Lipinski definition) is 1. The van der Waals surface area contributed by atoms with Gasteiger partial charge in [0.25, 0.3) is 5.91 Å². The summed E-state index contributed by atoms with van der Waals surface area (Å²) in [4.78, 5) is 42.9. The Morgan fingerprint density at radius 3 is 2.25 bits per heavy atom. The highest BCUT2D eigenvalue weighted by atomic mass is 35.5. The number of halogens is 1. The average Bonchev–Trinajstić information content (AvgIpc) is 2.93. The van der Waals surface area contributed by atoms with Gasteiger partial charge < -0.3 is 15.0 Å². The molecule has 186 valence electrons. The highest BCUT2D eigenvalue weighted by Crippen LogP contribution is 2.30.